The van der Waals surface area contributed by atoms with Gasteiger partial charge in [0.25, 0.3) is 0 Å². The number of halogens is 2. The van der Waals surface area contributed by atoms with Crippen LogP contribution in [-0.4, -0.2) is 16.1 Å². The van der Waals surface area contributed by atoms with Gasteiger partial charge in [-0.25, -0.2) is 13.8 Å². The smallest absolute Gasteiger partial charge is 0.159 e. The molecule has 3 nitrogen and oxygen atoms in total. The summed E-state index contributed by atoms with van der Waals surface area (Å²) in [6.07, 6.45) is 1.80. The summed E-state index contributed by atoms with van der Waals surface area (Å²) in [7, 11) is 0. The molecule has 1 N–H and O–H groups in total. The maximum absolute atomic E-state index is 13.2. The number of nitrogens with one attached hydrogen (secondary N) is 1. The molecule has 0 aliphatic heterocycles. The molecule has 0 amide bonds. The Bertz CT molecular complexity index is 564. The van der Waals surface area contributed by atoms with Gasteiger partial charge in [0.1, 0.15) is 5.82 Å². The normalized spacial score (nSPS) is 10.9. The van der Waals surface area contributed by atoms with E-state index in [-0.39, 0.29) is 0 Å². The molecule has 5 heteroatoms. The lowest BCUT2D eigenvalue weighted by Crippen LogP contribution is -2.16. The van der Waals surface area contributed by atoms with Gasteiger partial charge in [0.05, 0.1) is 5.69 Å². The third kappa shape index (κ3) is 3.17. The van der Waals surface area contributed by atoms with Crippen molar-refractivity contribution >= 4 is 0 Å². The summed E-state index contributed by atoms with van der Waals surface area (Å²) in [6.45, 7) is 6.00. The van der Waals surface area contributed by atoms with Crippen LogP contribution in [0.1, 0.15) is 24.0 Å². The Morgan fingerprint density at radius 1 is 1.26 bits per heavy atom. The van der Waals surface area contributed by atoms with Crippen molar-refractivity contribution in [3.63, 3.8) is 0 Å². The van der Waals surface area contributed by atoms with Crippen LogP contribution in [0.5, 0.6) is 0 Å². The summed E-state index contributed by atoms with van der Waals surface area (Å²) in [5.41, 5.74) is 1.75. The van der Waals surface area contributed by atoms with E-state index >= 15 is 0 Å². The first-order valence-electron chi connectivity index (χ1n) is 6.27. The summed E-state index contributed by atoms with van der Waals surface area (Å²) in [5.74, 6) is -0.778. The Morgan fingerprint density at radius 3 is 2.74 bits per heavy atom. The van der Waals surface area contributed by atoms with Crippen molar-refractivity contribution in [2.24, 2.45) is 0 Å². The first kappa shape index (κ1) is 13.7. The molecule has 0 atom stereocenters. The van der Waals surface area contributed by atoms with E-state index < -0.39 is 11.6 Å². The van der Waals surface area contributed by atoms with Crippen molar-refractivity contribution in [1.82, 2.24) is 14.9 Å². The van der Waals surface area contributed by atoms with E-state index in [1.54, 1.807) is 12.3 Å². The van der Waals surface area contributed by atoms with Crippen LogP contribution in [0.2, 0.25) is 0 Å². The molecule has 0 bridgehead atoms. The summed E-state index contributed by atoms with van der Waals surface area (Å²) in [5, 5.41) is 3.23. The molecule has 0 radical (unpaired) electrons. The maximum Gasteiger partial charge on any atom is 0.159 e. The molecule has 1 heterocycles. The second kappa shape index (κ2) is 5.93. The molecular weight excluding hydrogens is 248 g/mol. The number of aryl methyl sites for hydroxylation is 1. The van der Waals surface area contributed by atoms with Crippen LogP contribution < -0.4 is 5.32 Å². The first-order chi connectivity index (χ1) is 9.11. The highest BCUT2D eigenvalue weighted by Crippen LogP contribution is 2.13. The Labute approximate surface area is 111 Å². The van der Waals surface area contributed by atoms with Crippen molar-refractivity contribution in [3.8, 4) is 0 Å². The number of imidazole rings is 1. The highest BCUT2D eigenvalue weighted by molar-refractivity contribution is 5.19. The van der Waals surface area contributed by atoms with Gasteiger partial charge in [0.15, 0.2) is 11.6 Å². The Kier molecular flexibility index (Phi) is 4.27. The Hall–Kier alpha value is -1.75. The summed E-state index contributed by atoms with van der Waals surface area (Å²) in [6, 6.07) is 3.97. The van der Waals surface area contributed by atoms with E-state index in [1.165, 1.54) is 6.07 Å². The van der Waals surface area contributed by atoms with Crippen molar-refractivity contribution < 1.29 is 8.78 Å². The highest BCUT2D eigenvalue weighted by Gasteiger charge is 2.08. The number of hydrogen-bond donors (Lipinski definition) is 1. The van der Waals surface area contributed by atoms with E-state index in [9.17, 15) is 8.78 Å². The largest absolute Gasteiger partial charge is 0.327 e. The second-order valence-corrected chi connectivity index (χ2v) is 4.41. The van der Waals surface area contributed by atoms with E-state index in [4.69, 9.17) is 0 Å². The van der Waals surface area contributed by atoms with Gasteiger partial charge in [-0.05, 0) is 31.2 Å². The van der Waals surface area contributed by atoms with Crippen molar-refractivity contribution in [2.45, 2.75) is 26.9 Å². The van der Waals surface area contributed by atoms with E-state index in [1.807, 2.05) is 18.4 Å². The van der Waals surface area contributed by atoms with Crippen LogP contribution in [0.25, 0.3) is 0 Å². The van der Waals surface area contributed by atoms with Gasteiger partial charge in [-0.1, -0.05) is 13.0 Å². The number of benzene rings is 1. The van der Waals surface area contributed by atoms with Crippen molar-refractivity contribution in [2.75, 3.05) is 6.54 Å². The Morgan fingerprint density at radius 2 is 2.05 bits per heavy atom. The molecule has 0 saturated heterocycles. The number of aromatic nitrogens is 2. The molecule has 1 aromatic heterocycles. The molecule has 0 saturated carbocycles. The van der Waals surface area contributed by atoms with Gasteiger partial charge < -0.3 is 9.88 Å². The van der Waals surface area contributed by atoms with Gasteiger partial charge in [-0.3, -0.25) is 0 Å². The third-order valence-electron chi connectivity index (χ3n) is 3.02. The fourth-order valence-electron chi connectivity index (χ4n) is 1.95. The fourth-order valence-corrected chi connectivity index (χ4v) is 1.95. The molecule has 0 spiro atoms. The zero-order chi connectivity index (χ0) is 13.8. The molecular formula is C14H17F2N3. The van der Waals surface area contributed by atoms with Gasteiger partial charge in [0, 0.05) is 19.3 Å². The monoisotopic (exact) mass is 265 g/mol. The second-order valence-electron chi connectivity index (χ2n) is 4.41. The predicted molar refractivity (Wildman–Crippen MR) is 69.8 cm³/mol. The zero-order valence-corrected chi connectivity index (χ0v) is 11.1. The van der Waals surface area contributed by atoms with Crippen LogP contribution in [0.15, 0.2) is 24.4 Å². The number of nitrogens with zero attached hydrogens (tertiary/aromatic N) is 2. The standard InChI is InChI=1S/C14H17F2N3/c1-3-17-7-12-8-18-10(2)19(12)9-11-4-5-13(15)14(16)6-11/h4-6,8,17H,3,7,9H2,1-2H3. The topological polar surface area (TPSA) is 29.9 Å². The molecule has 1 aromatic carbocycles. The zero-order valence-electron chi connectivity index (χ0n) is 11.1. The summed E-state index contributed by atoms with van der Waals surface area (Å²) >= 11 is 0. The molecule has 2 rings (SSSR count). The lowest BCUT2D eigenvalue weighted by Gasteiger charge is -2.11. The van der Waals surface area contributed by atoms with Gasteiger partial charge in [-0.2, -0.15) is 0 Å². The fraction of sp³-hybridized carbons (Fsp3) is 0.357. The van der Waals surface area contributed by atoms with Gasteiger partial charge >= 0.3 is 0 Å². The van der Waals surface area contributed by atoms with Gasteiger partial charge in [0.2, 0.25) is 0 Å². The first-order valence-corrected chi connectivity index (χ1v) is 6.27. The van der Waals surface area contributed by atoms with E-state index in [2.05, 4.69) is 10.3 Å². The molecule has 19 heavy (non-hydrogen) atoms. The van der Waals surface area contributed by atoms with E-state index in [0.717, 1.165) is 29.7 Å². The summed E-state index contributed by atoms with van der Waals surface area (Å²) < 4.78 is 28.1. The number of rotatable bonds is 5. The molecule has 0 aliphatic carbocycles. The minimum absolute atomic E-state index is 0.490. The average molecular weight is 265 g/mol. The molecule has 102 valence electrons. The minimum Gasteiger partial charge on any atom is -0.327 e. The van der Waals surface area contributed by atoms with E-state index in [0.29, 0.717) is 13.1 Å². The number of hydrogen-bond acceptors (Lipinski definition) is 2. The van der Waals surface area contributed by atoms with Crippen LogP contribution in [-0.2, 0) is 13.1 Å². The third-order valence-corrected chi connectivity index (χ3v) is 3.02. The molecule has 0 aliphatic rings. The lowest BCUT2D eigenvalue weighted by molar-refractivity contribution is 0.506. The summed E-state index contributed by atoms with van der Waals surface area (Å²) in [4.78, 5) is 4.26. The SMILES string of the molecule is CCNCc1cnc(C)n1Cc1ccc(F)c(F)c1. The van der Waals surface area contributed by atoms with Crippen molar-refractivity contribution in [1.29, 1.82) is 0 Å². The molecule has 0 fully saturated rings. The molecule has 0 unspecified atom stereocenters. The van der Waals surface area contributed by atoms with Crippen LogP contribution in [0.4, 0.5) is 8.78 Å². The average Bonchev–Trinajstić information content (AvgIpc) is 2.73. The van der Waals surface area contributed by atoms with Crippen molar-refractivity contribution in [3.05, 3.63) is 53.1 Å². The molecule has 2 aromatic rings. The van der Waals surface area contributed by atoms with Crippen LogP contribution in [0.3, 0.4) is 0 Å². The predicted octanol–water partition coefficient (Wildman–Crippen LogP) is 2.63. The Balaban J connectivity index is 2.22. The maximum atomic E-state index is 13.2. The lowest BCUT2D eigenvalue weighted by atomic mass is 10.2. The van der Waals surface area contributed by atoms with Crippen LogP contribution >= 0.6 is 0 Å². The minimum atomic E-state index is -0.820. The highest BCUT2D eigenvalue weighted by atomic mass is 19.2. The van der Waals surface area contributed by atoms with Crippen LogP contribution in [0, 0.1) is 18.6 Å². The quantitative estimate of drug-likeness (QED) is 0.900. The van der Waals surface area contributed by atoms with Gasteiger partial charge in [-0.15, -0.1) is 0 Å².